The summed E-state index contributed by atoms with van der Waals surface area (Å²) in [5.41, 5.74) is -1.07. The molecule has 1 atom stereocenters. The zero-order valence-electron chi connectivity index (χ0n) is 14.1. The zero-order chi connectivity index (χ0) is 19.8. The molecule has 0 unspecified atom stereocenters. The lowest BCUT2D eigenvalue weighted by Gasteiger charge is -2.09. The fourth-order valence-corrected chi connectivity index (χ4v) is 2.31. The lowest BCUT2D eigenvalue weighted by molar-refractivity contribution is -0.141. The first kappa shape index (κ1) is 18.5. The van der Waals surface area contributed by atoms with Crippen LogP contribution in [0.5, 0.6) is 0 Å². The Labute approximate surface area is 150 Å². The Morgan fingerprint density at radius 2 is 2.04 bits per heavy atom. The predicted octanol–water partition coefficient (Wildman–Crippen LogP) is 3.12. The Morgan fingerprint density at radius 3 is 2.67 bits per heavy atom. The molecule has 1 amide bonds. The van der Waals surface area contributed by atoms with E-state index in [4.69, 9.17) is 4.52 Å². The van der Waals surface area contributed by atoms with E-state index in [1.54, 1.807) is 6.07 Å². The van der Waals surface area contributed by atoms with Crippen molar-refractivity contribution < 1.29 is 26.9 Å². The molecule has 3 rings (SSSR count). The van der Waals surface area contributed by atoms with Crippen molar-refractivity contribution in [2.75, 3.05) is 0 Å². The van der Waals surface area contributed by atoms with Crippen LogP contribution in [-0.2, 0) is 13.2 Å². The van der Waals surface area contributed by atoms with E-state index in [0.29, 0.717) is 11.6 Å². The van der Waals surface area contributed by atoms with Crippen LogP contribution >= 0.6 is 0 Å². The molecule has 0 saturated heterocycles. The quantitative estimate of drug-likeness (QED) is 0.700. The number of hydrogen-bond acceptors (Lipinski definition) is 5. The SMILES string of the molecule is C[C@H](NC(=O)c1cc(C(F)(F)F)nn1C)c1nc(-c2cccc(F)c2)no1. The van der Waals surface area contributed by atoms with Gasteiger partial charge in [0.1, 0.15) is 17.6 Å². The Balaban J connectivity index is 1.75. The van der Waals surface area contributed by atoms with Gasteiger partial charge in [0.25, 0.3) is 5.91 Å². The number of hydrogen-bond donors (Lipinski definition) is 1. The minimum atomic E-state index is -4.66. The molecule has 0 fully saturated rings. The lowest BCUT2D eigenvalue weighted by Crippen LogP contribution is -2.28. The summed E-state index contributed by atoms with van der Waals surface area (Å²) in [6.45, 7) is 1.52. The van der Waals surface area contributed by atoms with E-state index in [-0.39, 0.29) is 17.4 Å². The van der Waals surface area contributed by atoms with E-state index in [9.17, 15) is 22.4 Å². The Bertz CT molecular complexity index is 979. The molecule has 2 aromatic heterocycles. The predicted molar refractivity (Wildman–Crippen MR) is 83.8 cm³/mol. The van der Waals surface area contributed by atoms with E-state index in [1.165, 1.54) is 32.2 Å². The molecular formula is C16H13F4N5O2. The molecule has 2 heterocycles. The second kappa shape index (κ2) is 6.82. The van der Waals surface area contributed by atoms with Gasteiger partial charge in [-0.2, -0.15) is 23.3 Å². The largest absolute Gasteiger partial charge is 0.435 e. The van der Waals surface area contributed by atoms with Gasteiger partial charge in [0.05, 0.1) is 0 Å². The molecular weight excluding hydrogens is 370 g/mol. The maximum Gasteiger partial charge on any atom is 0.435 e. The van der Waals surface area contributed by atoms with Gasteiger partial charge in [-0.05, 0) is 19.1 Å². The average Bonchev–Trinajstić information content (AvgIpc) is 3.21. The fourth-order valence-electron chi connectivity index (χ4n) is 2.31. The number of aryl methyl sites for hydroxylation is 1. The number of aromatic nitrogens is 4. The molecule has 0 spiro atoms. The summed E-state index contributed by atoms with van der Waals surface area (Å²) in [5.74, 6) is -1.14. The van der Waals surface area contributed by atoms with Crippen LogP contribution in [0.25, 0.3) is 11.4 Å². The van der Waals surface area contributed by atoms with Gasteiger partial charge in [-0.15, -0.1) is 0 Å². The smallest absolute Gasteiger partial charge is 0.339 e. The van der Waals surface area contributed by atoms with Crippen molar-refractivity contribution in [2.24, 2.45) is 7.05 Å². The number of carbonyl (C=O) groups is 1. The fraction of sp³-hybridized carbons (Fsp3) is 0.250. The van der Waals surface area contributed by atoms with Gasteiger partial charge >= 0.3 is 6.18 Å². The molecule has 0 bridgehead atoms. The Kier molecular flexibility index (Phi) is 4.68. The van der Waals surface area contributed by atoms with Crippen LogP contribution in [0.15, 0.2) is 34.9 Å². The number of rotatable bonds is 4. The van der Waals surface area contributed by atoms with E-state index >= 15 is 0 Å². The average molecular weight is 383 g/mol. The van der Waals surface area contributed by atoms with Crippen molar-refractivity contribution in [1.29, 1.82) is 0 Å². The molecule has 0 aliphatic heterocycles. The van der Waals surface area contributed by atoms with Gasteiger partial charge in [0.15, 0.2) is 5.69 Å². The van der Waals surface area contributed by atoms with Crippen molar-refractivity contribution in [3.05, 3.63) is 53.4 Å². The molecule has 1 N–H and O–H groups in total. The third kappa shape index (κ3) is 3.96. The zero-order valence-corrected chi connectivity index (χ0v) is 14.1. The summed E-state index contributed by atoms with van der Waals surface area (Å²) in [6, 6.07) is 5.38. The van der Waals surface area contributed by atoms with Crippen LogP contribution in [0.1, 0.15) is 35.0 Å². The number of halogens is 4. The van der Waals surface area contributed by atoms with Crippen molar-refractivity contribution >= 4 is 5.91 Å². The first-order chi connectivity index (χ1) is 12.6. The number of amides is 1. The maximum atomic E-state index is 13.3. The third-order valence-corrected chi connectivity index (χ3v) is 3.65. The molecule has 1 aromatic carbocycles. The highest BCUT2D eigenvalue weighted by Crippen LogP contribution is 2.28. The highest BCUT2D eigenvalue weighted by molar-refractivity contribution is 5.92. The number of nitrogens with one attached hydrogen (secondary N) is 1. The monoisotopic (exact) mass is 383 g/mol. The van der Waals surface area contributed by atoms with Crippen LogP contribution in [-0.4, -0.2) is 25.8 Å². The summed E-state index contributed by atoms with van der Waals surface area (Å²) in [7, 11) is 1.23. The van der Waals surface area contributed by atoms with Gasteiger partial charge < -0.3 is 9.84 Å². The number of benzene rings is 1. The second-order valence-corrected chi connectivity index (χ2v) is 5.70. The number of alkyl halides is 3. The van der Waals surface area contributed by atoms with Crippen molar-refractivity contribution in [2.45, 2.75) is 19.1 Å². The standard InChI is InChI=1S/C16H13F4N5O2/c1-8(15-22-13(24-27-15)9-4-3-5-10(17)6-9)21-14(26)11-7-12(16(18,19)20)23-25(11)2/h3-8H,1-2H3,(H,21,26)/t8-/m0/s1. The van der Waals surface area contributed by atoms with Gasteiger partial charge in [0.2, 0.25) is 11.7 Å². The summed E-state index contributed by atoms with van der Waals surface area (Å²) in [6.07, 6.45) is -4.66. The first-order valence-electron chi connectivity index (χ1n) is 7.67. The maximum absolute atomic E-state index is 13.3. The summed E-state index contributed by atoms with van der Waals surface area (Å²) >= 11 is 0. The minimum Gasteiger partial charge on any atom is -0.339 e. The molecule has 0 aliphatic rings. The van der Waals surface area contributed by atoms with Crippen LogP contribution in [0.3, 0.4) is 0 Å². The second-order valence-electron chi connectivity index (χ2n) is 5.70. The highest BCUT2D eigenvalue weighted by atomic mass is 19.4. The molecule has 142 valence electrons. The third-order valence-electron chi connectivity index (χ3n) is 3.65. The van der Waals surface area contributed by atoms with Crippen molar-refractivity contribution in [3.63, 3.8) is 0 Å². The van der Waals surface area contributed by atoms with Crippen LogP contribution in [0, 0.1) is 5.82 Å². The molecule has 27 heavy (non-hydrogen) atoms. The number of nitrogens with zero attached hydrogens (tertiary/aromatic N) is 4. The van der Waals surface area contributed by atoms with E-state index in [1.807, 2.05) is 0 Å². The Hall–Kier alpha value is -3.24. The number of carbonyl (C=O) groups excluding carboxylic acids is 1. The van der Waals surface area contributed by atoms with Crippen molar-refractivity contribution in [1.82, 2.24) is 25.2 Å². The summed E-state index contributed by atoms with van der Waals surface area (Å²) in [5, 5.41) is 9.45. The highest BCUT2D eigenvalue weighted by Gasteiger charge is 2.35. The lowest BCUT2D eigenvalue weighted by atomic mass is 10.2. The molecule has 0 saturated carbocycles. The van der Waals surface area contributed by atoms with Crippen LogP contribution in [0.2, 0.25) is 0 Å². The molecule has 3 aromatic rings. The van der Waals surface area contributed by atoms with E-state index in [0.717, 1.165) is 4.68 Å². The van der Waals surface area contributed by atoms with Crippen LogP contribution in [0.4, 0.5) is 17.6 Å². The first-order valence-corrected chi connectivity index (χ1v) is 7.67. The van der Waals surface area contributed by atoms with E-state index in [2.05, 4.69) is 20.6 Å². The van der Waals surface area contributed by atoms with Gasteiger partial charge in [0, 0.05) is 18.7 Å². The molecule has 7 nitrogen and oxygen atoms in total. The topological polar surface area (TPSA) is 85.8 Å². The van der Waals surface area contributed by atoms with Gasteiger partial charge in [-0.1, -0.05) is 17.3 Å². The van der Waals surface area contributed by atoms with Crippen molar-refractivity contribution in [3.8, 4) is 11.4 Å². The van der Waals surface area contributed by atoms with Gasteiger partial charge in [-0.25, -0.2) is 4.39 Å². The minimum absolute atomic E-state index is 0.0147. The summed E-state index contributed by atoms with van der Waals surface area (Å²) < 4.78 is 57.2. The van der Waals surface area contributed by atoms with Crippen LogP contribution < -0.4 is 5.32 Å². The molecule has 0 radical (unpaired) electrons. The van der Waals surface area contributed by atoms with E-state index < -0.39 is 29.6 Å². The van der Waals surface area contributed by atoms with Gasteiger partial charge in [-0.3, -0.25) is 9.48 Å². The summed E-state index contributed by atoms with van der Waals surface area (Å²) in [4.78, 5) is 16.3. The normalized spacial score (nSPS) is 12.8. The Morgan fingerprint density at radius 1 is 1.30 bits per heavy atom. The molecule has 11 heteroatoms. The molecule has 0 aliphatic carbocycles.